The van der Waals surface area contributed by atoms with E-state index in [1.807, 2.05) is 0 Å². The first kappa shape index (κ1) is 18.5. The fourth-order valence-electron chi connectivity index (χ4n) is 1.49. The lowest BCUT2D eigenvalue weighted by atomic mass is 10.2. The Balaban J connectivity index is 2.68. The predicted octanol–water partition coefficient (Wildman–Crippen LogP) is 1.97. The van der Waals surface area contributed by atoms with Gasteiger partial charge in [0.1, 0.15) is 5.75 Å². The Labute approximate surface area is 129 Å². The average molecular weight is 333 g/mol. The van der Waals surface area contributed by atoms with Gasteiger partial charge in [-0.3, -0.25) is 4.79 Å². The lowest BCUT2D eigenvalue weighted by Gasteiger charge is -2.14. The molecule has 1 aromatic carbocycles. The molecule has 1 amide bonds. The van der Waals surface area contributed by atoms with E-state index < -0.39 is 30.0 Å². The molecular weight excluding hydrogens is 319 g/mol. The molecule has 0 aliphatic carbocycles. The second-order valence-corrected chi connectivity index (χ2v) is 4.26. The standard InChI is InChI=1S/C14H14F3NO5/c1-2-7-22-8-11(13(20)21)18-12(19)9-3-5-10(6-4-9)23-14(15,16)17/h2-6,11H,1,7-8H2,(H,18,19)(H,20,21). The van der Waals surface area contributed by atoms with Crippen molar-refractivity contribution in [2.45, 2.75) is 12.4 Å². The number of amides is 1. The first-order valence-corrected chi connectivity index (χ1v) is 6.31. The minimum absolute atomic E-state index is 0.0190. The van der Waals surface area contributed by atoms with Gasteiger partial charge in [0, 0.05) is 5.56 Å². The topological polar surface area (TPSA) is 84.9 Å². The minimum atomic E-state index is -4.83. The van der Waals surface area contributed by atoms with Crippen molar-refractivity contribution in [3.63, 3.8) is 0 Å². The monoisotopic (exact) mass is 333 g/mol. The summed E-state index contributed by atoms with van der Waals surface area (Å²) in [6, 6.07) is 2.77. The van der Waals surface area contributed by atoms with Crippen LogP contribution in [0.15, 0.2) is 36.9 Å². The maximum atomic E-state index is 12.0. The molecule has 9 heteroatoms. The molecule has 0 radical (unpaired) electrons. The summed E-state index contributed by atoms with van der Waals surface area (Å²) in [5.74, 6) is -2.56. The lowest BCUT2D eigenvalue weighted by molar-refractivity contribution is -0.274. The molecule has 2 N–H and O–H groups in total. The number of aliphatic carboxylic acids is 1. The van der Waals surface area contributed by atoms with E-state index in [4.69, 9.17) is 9.84 Å². The summed E-state index contributed by atoms with van der Waals surface area (Å²) in [4.78, 5) is 22.9. The van der Waals surface area contributed by atoms with Crippen LogP contribution in [-0.4, -0.2) is 42.6 Å². The molecule has 0 saturated heterocycles. The second-order valence-electron chi connectivity index (χ2n) is 4.26. The molecule has 0 aliphatic rings. The van der Waals surface area contributed by atoms with Gasteiger partial charge >= 0.3 is 12.3 Å². The molecule has 1 unspecified atom stereocenters. The summed E-state index contributed by atoms with van der Waals surface area (Å²) in [5, 5.41) is 11.2. The van der Waals surface area contributed by atoms with Crippen LogP contribution in [0.4, 0.5) is 13.2 Å². The molecule has 1 aromatic rings. The van der Waals surface area contributed by atoms with Gasteiger partial charge in [-0.05, 0) is 24.3 Å². The van der Waals surface area contributed by atoms with Gasteiger partial charge < -0.3 is 19.9 Å². The molecule has 0 saturated carbocycles. The Morgan fingerprint density at radius 3 is 2.39 bits per heavy atom. The zero-order valence-corrected chi connectivity index (χ0v) is 11.8. The zero-order valence-electron chi connectivity index (χ0n) is 11.8. The Hall–Kier alpha value is -2.55. The number of carbonyl (C=O) groups is 2. The molecule has 0 heterocycles. The van der Waals surface area contributed by atoms with Gasteiger partial charge in [-0.1, -0.05) is 6.08 Å². The van der Waals surface area contributed by atoms with Crippen LogP contribution in [0.5, 0.6) is 5.75 Å². The third-order valence-corrected chi connectivity index (χ3v) is 2.47. The molecule has 0 aliphatic heterocycles. The SMILES string of the molecule is C=CCOCC(NC(=O)c1ccc(OC(F)(F)F)cc1)C(=O)O. The van der Waals surface area contributed by atoms with Crippen LogP contribution in [0.2, 0.25) is 0 Å². The molecule has 1 rings (SSSR count). The maximum Gasteiger partial charge on any atom is 0.573 e. The van der Waals surface area contributed by atoms with Crippen LogP contribution in [0.1, 0.15) is 10.4 Å². The van der Waals surface area contributed by atoms with E-state index in [0.717, 1.165) is 24.3 Å². The number of rotatable bonds is 8. The summed E-state index contributed by atoms with van der Waals surface area (Å²) in [6.45, 7) is 3.23. The molecule has 0 spiro atoms. The van der Waals surface area contributed by atoms with Crippen LogP contribution in [-0.2, 0) is 9.53 Å². The normalized spacial score (nSPS) is 12.3. The van der Waals surface area contributed by atoms with Crippen molar-refractivity contribution < 1.29 is 37.3 Å². The number of hydrogen-bond acceptors (Lipinski definition) is 4. The average Bonchev–Trinajstić information content (AvgIpc) is 2.45. The van der Waals surface area contributed by atoms with Gasteiger partial charge in [-0.2, -0.15) is 0 Å². The highest BCUT2D eigenvalue weighted by Crippen LogP contribution is 2.22. The van der Waals surface area contributed by atoms with E-state index in [0.29, 0.717) is 0 Å². The van der Waals surface area contributed by atoms with Crippen LogP contribution in [0.25, 0.3) is 0 Å². The number of nitrogens with one attached hydrogen (secondary N) is 1. The van der Waals surface area contributed by atoms with Crippen molar-refractivity contribution in [2.75, 3.05) is 13.2 Å². The Morgan fingerprint density at radius 1 is 1.30 bits per heavy atom. The fraction of sp³-hybridized carbons (Fsp3) is 0.286. The molecule has 0 aromatic heterocycles. The molecule has 0 bridgehead atoms. The molecule has 6 nitrogen and oxygen atoms in total. The van der Waals surface area contributed by atoms with Crippen LogP contribution in [0, 0.1) is 0 Å². The first-order chi connectivity index (χ1) is 10.7. The highest BCUT2D eigenvalue weighted by Gasteiger charge is 2.31. The smallest absolute Gasteiger partial charge is 0.480 e. The number of hydrogen-bond donors (Lipinski definition) is 2. The van der Waals surface area contributed by atoms with Gasteiger partial charge in [0.2, 0.25) is 0 Å². The van der Waals surface area contributed by atoms with Crippen LogP contribution < -0.4 is 10.1 Å². The van der Waals surface area contributed by atoms with Gasteiger partial charge in [-0.15, -0.1) is 19.8 Å². The number of halogens is 3. The van der Waals surface area contributed by atoms with Crippen molar-refractivity contribution in [1.29, 1.82) is 0 Å². The summed E-state index contributed by atoms with van der Waals surface area (Å²) >= 11 is 0. The van der Waals surface area contributed by atoms with Crippen LogP contribution >= 0.6 is 0 Å². The van der Waals surface area contributed by atoms with E-state index in [2.05, 4.69) is 16.6 Å². The number of carboxylic acids is 1. The van der Waals surface area contributed by atoms with Crippen molar-refractivity contribution in [1.82, 2.24) is 5.32 Å². The summed E-state index contributed by atoms with van der Waals surface area (Å²) in [7, 11) is 0. The number of carbonyl (C=O) groups excluding carboxylic acids is 1. The molecule has 0 fully saturated rings. The van der Waals surface area contributed by atoms with E-state index in [1.165, 1.54) is 6.08 Å². The zero-order chi connectivity index (χ0) is 17.5. The summed E-state index contributed by atoms with van der Waals surface area (Å²) in [6.07, 6.45) is -3.42. The Morgan fingerprint density at radius 2 is 1.91 bits per heavy atom. The number of benzene rings is 1. The Bertz CT molecular complexity index is 557. The molecule has 23 heavy (non-hydrogen) atoms. The lowest BCUT2D eigenvalue weighted by Crippen LogP contribution is -2.44. The van der Waals surface area contributed by atoms with Gasteiger partial charge in [-0.25, -0.2) is 4.79 Å². The third-order valence-electron chi connectivity index (χ3n) is 2.47. The Kier molecular flexibility index (Phi) is 6.58. The van der Waals surface area contributed by atoms with Gasteiger partial charge in [0.25, 0.3) is 5.91 Å². The van der Waals surface area contributed by atoms with E-state index in [-0.39, 0.29) is 18.8 Å². The highest BCUT2D eigenvalue weighted by molar-refractivity contribution is 5.96. The number of alkyl halides is 3. The number of carboxylic acid groups (broad SMARTS) is 1. The van der Waals surface area contributed by atoms with E-state index in [1.54, 1.807) is 0 Å². The van der Waals surface area contributed by atoms with Crippen molar-refractivity contribution in [2.24, 2.45) is 0 Å². The van der Waals surface area contributed by atoms with Gasteiger partial charge in [0.05, 0.1) is 13.2 Å². The fourth-order valence-corrected chi connectivity index (χ4v) is 1.49. The maximum absolute atomic E-state index is 12.0. The van der Waals surface area contributed by atoms with Crippen molar-refractivity contribution in [3.8, 4) is 5.75 Å². The molecular formula is C14H14F3NO5. The molecule has 1 atom stereocenters. The van der Waals surface area contributed by atoms with Gasteiger partial charge in [0.15, 0.2) is 6.04 Å². The molecule has 126 valence electrons. The largest absolute Gasteiger partial charge is 0.573 e. The first-order valence-electron chi connectivity index (χ1n) is 6.31. The summed E-state index contributed by atoms with van der Waals surface area (Å²) < 4.78 is 44.7. The van der Waals surface area contributed by atoms with E-state index >= 15 is 0 Å². The highest BCUT2D eigenvalue weighted by atomic mass is 19.4. The predicted molar refractivity (Wildman–Crippen MR) is 73.0 cm³/mol. The summed E-state index contributed by atoms with van der Waals surface area (Å²) in [5.41, 5.74) is -0.0190. The second kappa shape index (κ2) is 8.18. The van der Waals surface area contributed by atoms with Crippen molar-refractivity contribution >= 4 is 11.9 Å². The minimum Gasteiger partial charge on any atom is -0.480 e. The van der Waals surface area contributed by atoms with E-state index in [9.17, 15) is 22.8 Å². The number of ether oxygens (including phenoxy) is 2. The van der Waals surface area contributed by atoms with Crippen molar-refractivity contribution in [3.05, 3.63) is 42.5 Å². The van der Waals surface area contributed by atoms with Crippen LogP contribution in [0.3, 0.4) is 0 Å². The third kappa shape index (κ3) is 6.83. The quantitative estimate of drug-likeness (QED) is 0.561.